The van der Waals surface area contributed by atoms with E-state index in [0.29, 0.717) is 25.4 Å². The lowest BCUT2D eigenvalue weighted by atomic mass is 10.2. The summed E-state index contributed by atoms with van der Waals surface area (Å²) in [5, 5.41) is 7.84. The minimum atomic E-state index is -0.231. The zero-order valence-corrected chi connectivity index (χ0v) is 13.4. The van der Waals surface area contributed by atoms with Gasteiger partial charge < -0.3 is 4.74 Å². The van der Waals surface area contributed by atoms with Crippen LogP contribution in [0.3, 0.4) is 0 Å². The summed E-state index contributed by atoms with van der Waals surface area (Å²) in [5.41, 5.74) is 1.75. The Labute approximate surface area is 140 Å². The first-order valence-corrected chi connectivity index (χ1v) is 8.04. The van der Waals surface area contributed by atoms with Gasteiger partial charge >= 0.3 is 5.69 Å². The lowest BCUT2D eigenvalue weighted by molar-refractivity contribution is 0.130. The highest BCUT2D eigenvalue weighted by atomic mass is 16.5. The van der Waals surface area contributed by atoms with Crippen molar-refractivity contribution in [3.05, 3.63) is 76.7 Å². The average Bonchev–Trinajstić information content (AvgIpc) is 3.00. The fraction of sp³-hybridized carbons (Fsp3) is 0.278. The molecule has 0 aliphatic heterocycles. The molecule has 0 saturated heterocycles. The molecule has 3 rings (SSSR count). The van der Waals surface area contributed by atoms with Crippen molar-refractivity contribution in [1.82, 2.24) is 19.8 Å². The van der Waals surface area contributed by atoms with E-state index in [1.54, 1.807) is 0 Å². The van der Waals surface area contributed by atoms with E-state index in [-0.39, 0.29) is 5.69 Å². The molecule has 0 radical (unpaired) electrons. The van der Waals surface area contributed by atoms with E-state index in [0.717, 1.165) is 12.8 Å². The minimum absolute atomic E-state index is 0.231. The van der Waals surface area contributed by atoms with Crippen LogP contribution in [0, 0.1) is 0 Å². The first-order chi connectivity index (χ1) is 11.8. The number of rotatable bonds is 8. The molecule has 6 heteroatoms. The molecule has 0 bridgehead atoms. The third kappa shape index (κ3) is 4.17. The maximum Gasteiger partial charge on any atom is 0.368 e. The molecule has 2 aromatic carbocycles. The molecule has 0 aliphatic carbocycles. The number of para-hydroxylation sites is 1. The van der Waals surface area contributed by atoms with Crippen LogP contribution in [-0.2, 0) is 17.7 Å². The van der Waals surface area contributed by atoms with Gasteiger partial charge in [0.15, 0.2) is 0 Å². The van der Waals surface area contributed by atoms with E-state index < -0.39 is 0 Å². The number of tetrazole rings is 1. The van der Waals surface area contributed by atoms with E-state index in [1.165, 1.54) is 14.9 Å². The second-order valence-corrected chi connectivity index (χ2v) is 5.43. The molecular formula is C18H20N4O2. The van der Waals surface area contributed by atoms with Crippen molar-refractivity contribution in [3.63, 3.8) is 0 Å². The van der Waals surface area contributed by atoms with Crippen LogP contribution in [-0.4, -0.2) is 33.0 Å². The highest BCUT2D eigenvalue weighted by Crippen LogP contribution is 2.01. The van der Waals surface area contributed by atoms with E-state index in [2.05, 4.69) is 22.6 Å². The van der Waals surface area contributed by atoms with Crippen LogP contribution in [0.15, 0.2) is 65.5 Å². The molecule has 0 aliphatic rings. The summed E-state index contributed by atoms with van der Waals surface area (Å²) in [6, 6.07) is 19.5. The minimum Gasteiger partial charge on any atom is -0.381 e. The van der Waals surface area contributed by atoms with Gasteiger partial charge in [-0.25, -0.2) is 4.79 Å². The van der Waals surface area contributed by atoms with Gasteiger partial charge in [0.1, 0.15) is 0 Å². The monoisotopic (exact) mass is 324 g/mol. The first kappa shape index (κ1) is 16.1. The van der Waals surface area contributed by atoms with Crippen LogP contribution < -0.4 is 5.69 Å². The van der Waals surface area contributed by atoms with E-state index in [9.17, 15) is 4.79 Å². The summed E-state index contributed by atoms with van der Waals surface area (Å²) in [7, 11) is 0. The van der Waals surface area contributed by atoms with Crippen molar-refractivity contribution in [3.8, 4) is 5.69 Å². The molecule has 124 valence electrons. The van der Waals surface area contributed by atoms with E-state index in [1.807, 2.05) is 48.5 Å². The lowest BCUT2D eigenvalue weighted by Crippen LogP contribution is -2.24. The molecule has 0 spiro atoms. The van der Waals surface area contributed by atoms with Gasteiger partial charge in [0.05, 0.1) is 18.8 Å². The molecule has 3 aromatic rings. The highest BCUT2D eigenvalue weighted by Gasteiger charge is 2.07. The largest absolute Gasteiger partial charge is 0.381 e. The van der Waals surface area contributed by atoms with Gasteiger partial charge in [-0.15, -0.1) is 0 Å². The Morgan fingerprint density at radius 2 is 1.58 bits per heavy atom. The zero-order valence-electron chi connectivity index (χ0n) is 13.4. The Hall–Kier alpha value is -2.73. The van der Waals surface area contributed by atoms with Crippen LogP contribution in [0.1, 0.15) is 12.0 Å². The van der Waals surface area contributed by atoms with Crippen molar-refractivity contribution in [1.29, 1.82) is 0 Å². The smallest absolute Gasteiger partial charge is 0.368 e. The maximum atomic E-state index is 12.2. The fourth-order valence-corrected chi connectivity index (χ4v) is 2.40. The van der Waals surface area contributed by atoms with Crippen molar-refractivity contribution < 1.29 is 4.74 Å². The van der Waals surface area contributed by atoms with Gasteiger partial charge in [0, 0.05) is 6.61 Å². The van der Waals surface area contributed by atoms with Gasteiger partial charge in [0.2, 0.25) is 0 Å². The zero-order chi connectivity index (χ0) is 16.6. The van der Waals surface area contributed by atoms with Gasteiger partial charge in [-0.05, 0) is 41.0 Å². The molecule has 0 N–H and O–H groups in total. The fourth-order valence-electron chi connectivity index (χ4n) is 2.40. The topological polar surface area (TPSA) is 61.9 Å². The first-order valence-electron chi connectivity index (χ1n) is 8.04. The average molecular weight is 324 g/mol. The number of aryl methyl sites for hydroxylation is 1. The molecule has 0 unspecified atom stereocenters. The number of benzene rings is 2. The molecule has 0 fully saturated rings. The normalized spacial score (nSPS) is 10.8. The van der Waals surface area contributed by atoms with Crippen LogP contribution in [0.4, 0.5) is 0 Å². The second-order valence-electron chi connectivity index (χ2n) is 5.43. The van der Waals surface area contributed by atoms with E-state index >= 15 is 0 Å². The number of aromatic nitrogens is 4. The predicted octanol–water partition coefficient (Wildman–Crippen LogP) is 2.08. The quantitative estimate of drug-likeness (QED) is 0.595. The van der Waals surface area contributed by atoms with Gasteiger partial charge in [-0.2, -0.15) is 9.36 Å². The number of ether oxygens (including phenoxy) is 1. The van der Waals surface area contributed by atoms with Gasteiger partial charge in [-0.1, -0.05) is 48.5 Å². The third-order valence-corrected chi connectivity index (χ3v) is 3.68. The summed E-state index contributed by atoms with van der Waals surface area (Å²) < 4.78 is 8.29. The molecular weight excluding hydrogens is 304 g/mol. The molecule has 0 atom stereocenters. The number of hydrogen-bond acceptors (Lipinski definition) is 4. The van der Waals surface area contributed by atoms with Gasteiger partial charge in [0.25, 0.3) is 0 Å². The van der Waals surface area contributed by atoms with Crippen LogP contribution >= 0.6 is 0 Å². The standard InChI is InChI=1S/C18H20N4O2/c23-18-21(19-20-22(18)17-10-5-2-6-11-17)13-7-14-24-15-12-16-8-3-1-4-9-16/h1-6,8-11H,7,12-15H2. The second kappa shape index (κ2) is 8.21. The molecule has 1 aromatic heterocycles. The Balaban J connectivity index is 1.43. The van der Waals surface area contributed by atoms with Gasteiger partial charge in [-0.3, -0.25) is 0 Å². The van der Waals surface area contributed by atoms with Crippen molar-refractivity contribution in [2.24, 2.45) is 0 Å². The highest BCUT2D eigenvalue weighted by molar-refractivity contribution is 5.28. The molecule has 0 saturated carbocycles. The van der Waals surface area contributed by atoms with Crippen LogP contribution in [0.2, 0.25) is 0 Å². The Morgan fingerprint density at radius 1 is 0.875 bits per heavy atom. The van der Waals surface area contributed by atoms with Crippen molar-refractivity contribution in [2.45, 2.75) is 19.4 Å². The Kier molecular flexibility index (Phi) is 5.52. The van der Waals surface area contributed by atoms with Crippen molar-refractivity contribution in [2.75, 3.05) is 13.2 Å². The summed E-state index contributed by atoms with van der Waals surface area (Å²) in [4.78, 5) is 12.2. The number of nitrogens with zero attached hydrogens (tertiary/aromatic N) is 4. The molecule has 24 heavy (non-hydrogen) atoms. The third-order valence-electron chi connectivity index (χ3n) is 3.68. The van der Waals surface area contributed by atoms with Crippen molar-refractivity contribution >= 4 is 0 Å². The SMILES string of the molecule is O=c1n(CCCOCCc2ccccc2)nnn1-c1ccccc1. The Bertz CT molecular complexity index is 797. The predicted molar refractivity (Wildman–Crippen MR) is 91.2 cm³/mol. The lowest BCUT2D eigenvalue weighted by Gasteiger charge is -2.04. The molecule has 0 amide bonds. The number of hydrogen-bond donors (Lipinski definition) is 0. The Morgan fingerprint density at radius 3 is 2.33 bits per heavy atom. The molecule has 1 heterocycles. The van der Waals surface area contributed by atoms with Crippen LogP contribution in [0.25, 0.3) is 5.69 Å². The van der Waals surface area contributed by atoms with E-state index in [4.69, 9.17) is 4.74 Å². The maximum absolute atomic E-state index is 12.2. The summed E-state index contributed by atoms with van der Waals surface area (Å²) in [5.74, 6) is 0. The summed E-state index contributed by atoms with van der Waals surface area (Å²) in [6.45, 7) is 1.77. The van der Waals surface area contributed by atoms with Crippen LogP contribution in [0.5, 0.6) is 0 Å². The summed E-state index contributed by atoms with van der Waals surface area (Å²) >= 11 is 0. The summed E-state index contributed by atoms with van der Waals surface area (Å²) in [6.07, 6.45) is 1.62. The molecule has 6 nitrogen and oxygen atoms in total.